The molecule has 4 rings (SSSR count). The molecule has 0 saturated carbocycles. The number of amides is 1. The number of aromatic hydroxyl groups is 1. The summed E-state index contributed by atoms with van der Waals surface area (Å²) in [5.41, 5.74) is 3.41. The lowest BCUT2D eigenvalue weighted by atomic mass is 10.1. The second-order valence-electron chi connectivity index (χ2n) is 7.64. The first-order valence-corrected chi connectivity index (χ1v) is 11.2. The van der Waals surface area contributed by atoms with Crippen molar-refractivity contribution in [2.75, 3.05) is 13.7 Å². The SMILES string of the molecule is CCOc1cc(C=NNC(=O)c2cc3ccccc3cc2O)ccc1OC(=O)c1ccccc1OC. The summed E-state index contributed by atoms with van der Waals surface area (Å²) in [7, 11) is 1.48. The lowest BCUT2D eigenvalue weighted by Gasteiger charge is -2.12. The van der Waals surface area contributed by atoms with Gasteiger partial charge in [0.1, 0.15) is 17.1 Å². The molecule has 0 aliphatic carbocycles. The fraction of sp³-hybridized carbons (Fsp3) is 0.107. The molecule has 2 N–H and O–H groups in total. The Morgan fingerprint density at radius 3 is 2.36 bits per heavy atom. The van der Waals surface area contributed by atoms with Crippen molar-refractivity contribution in [3.05, 3.63) is 95.6 Å². The predicted octanol–water partition coefficient (Wildman–Crippen LogP) is 4.94. The lowest BCUT2D eigenvalue weighted by Crippen LogP contribution is -2.17. The van der Waals surface area contributed by atoms with Gasteiger partial charge < -0.3 is 19.3 Å². The number of hydrogen-bond acceptors (Lipinski definition) is 7. The maximum atomic E-state index is 12.7. The zero-order valence-corrected chi connectivity index (χ0v) is 19.7. The van der Waals surface area contributed by atoms with Gasteiger partial charge in [-0.05, 0) is 65.7 Å². The van der Waals surface area contributed by atoms with E-state index in [1.54, 1.807) is 48.5 Å². The van der Waals surface area contributed by atoms with Crippen LogP contribution < -0.4 is 19.6 Å². The van der Waals surface area contributed by atoms with Crippen LogP contribution in [0.4, 0.5) is 0 Å². The minimum atomic E-state index is -0.586. The van der Waals surface area contributed by atoms with Crippen molar-refractivity contribution in [1.82, 2.24) is 5.43 Å². The van der Waals surface area contributed by atoms with Gasteiger partial charge in [-0.2, -0.15) is 5.10 Å². The molecule has 0 saturated heterocycles. The van der Waals surface area contributed by atoms with E-state index in [0.29, 0.717) is 23.7 Å². The molecule has 8 heteroatoms. The molecule has 0 aliphatic rings. The Bertz CT molecular complexity index is 1450. The molecule has 4 aromatic carbocycles. The number of ether oxygens (including phenoxy) is 3. The van der Waals surface area contributed by atoms with Crippen LogP contribution in [0, 0.1) is 0 Å². The minimum Gasteiger partial charge on any atom is -0.507 e. The standard InChI is InChI=1S/C28H24N2O6/c1-3-35-26-14-18(12-13-25(26)36-28(33)21-10-6-7-11-24(21)34-2)17-29-30-27(32)22-15-19-8-4-5-9-20(19)16-23(22)31/h4-17,31H,3H2,1-2H3,(H,30,32). The molecule has 1 amide bonds. The molecule has 0 fully saturated rings. The monoisotopic (exact) mass is 484 g/mol. The number of methoxy groups -OCH3 is 1. The van der Waals surface area contributed by atoms with E-state index >= 15 is 0 Å². The molecule has 0 unspecified atom stereocenters. The number of fused-ring (bicyclic) bond motifs is 1. The fourth-order valence-corrected chi connectivity index (χ4v) is 3.56. The number of rotatable bonds is 8. The Kier molecular flexibility index (Phi) is 7.45. The van der Waals surface area contributed by atoms with E-state index in [4.69, 9.17) is 14.2 Å². The van der Waals surface area contributed by atoms with E-state index < -0.39 is 11.9 Å². The molecule has 0 atom stereocenters. The number of phenols is 1. The largest absolute Gasteiger partial charge is 0.507 e. The molecule has 0 aromatic heterocycles. The summed E-state index contributed by atoms with van der Waals surface area (Å²) in [5.74, 6) is -0.309. The van der Waals surface area contributed by atoms with Gasteiger partial charge >= 0.3 is 5.97 Å². The summed E-state index contributed by atoms with van der Waals surface area (Å²) in [5, 5.41) is 15.9. The molecular formula is C28H24N2O6. The molecule has 36 heavy (non-hydrogen) atoms. The summed E-state index contributed by atoms with van der Waals surface area (Å²) < 4.78 is 16.4. The number of para-hydroxylation sites is 1. The van der Waals surface area contributed by atoms with Crippen LogP contribution in [-0.4, -0.2) is 36.9 Å². The van der Waals surface area contributed by atoms with E-state index in [0.717, 1.165) is 10.8 Å². The molecular weight excluding hydrogens is 460 g/mol. The van der Waals surface area contributed by atoms with Crippen LogP contribution in [0.2, 0.25) is 0 Å². The second kappa shape index (κ2) is 11.1. The highest BCUT2D eigenvalue weighted by Gasteiger charge is 2.17. The Hall–Kier alpha value is -4.85. The van der Waals surface area contributed by atoms with Gasteiger partial charge in [0.25, 0.3) is 5.91 Å². The van der Waals surface area contributed by atoms with E-state index in [-0.39, 0.29) is 22.6 Å². The maximum Gasteiger partial charge on any atom is 0.347 e. The third kappa shape index (κ3) is 5.44. The number of esters is 1. The average molecular weight is 485 g/mol. The number of carbonyl (C=O) groups is 2. The summed E-state index contributed by atoms with van der Waals surface area (Å²) in [4.78, 5) is 25.2. The number of benzene rings is 4. The summed E-state index contributed by atoms with van der Waals surface area (Å²) >= 11 is 0. The van der Waals surface area contributed by atoms with Crippen molar-refractivity contribution in [1.29, 1.82) is 0 Å². The number of carbonyl (C=O) groups excluding carboxylic acids is 2. The number of hydrogen-bond donors (Lipinski definition) is 2. The van der Waals surface area contributed by atoms with E-state index in [1.165, 1.54) is 19.4 Å². The predicted molar refractivity (Wildman–Crippen MR) is 136 cm³/mol. The summed E-state index contributed by atoms with van der Waals surface area (Å²) in [6, 6.07) is 22.2. The Morgan fingerprint density at radius 2 is 1.61 bits per heavy atom. The van der Waals surface area contributed by atoms with Crippen LogP contribution in [0.1, 0.15) is 33.2 Å². The van der Waals surface area contributed by atoms with Gasteiger partial charge in [-0.25, -0.2) is 10.2 Å². The average Bonchev–Trinajstić information content (AvgIpc) is 2.89. The first-order valence-electron chi connectivity index (χ1n) is 11.2. The van der Waals surface area contributed by atoms with Crippen LogP contribution >= 0.6 is 0 Å². The Morgan fingerprint density at radius 1 is 0.889 bits per heavy atom. The van der Waals surface area contributed by atoms with Gasteiger partial charge in [-0.1, -0.05) is 36.4 Å². The topological polar surface area (TPSA) is 106 Å². The van der Waals surface area contributed by atoms with Gasteiger partial charge in [0.05, 0.1) is 25.5 Å². The van der Waals surface area contributed by atoms with Crippen LogP contribution in [0.25, 0.3) is 10.8 Å². The van der Waals surface area contributed by atoms with E-state index in [1.807, 2.05) is 31.2 Å². The molecule has 182 valence electrons. The summed E-state index contributed by atoms with van der Waals surface area (Å²) in [6.45, 7) is 2.15. The van der Waals surface area contributed by atoms with Crippen molar-refractivity contribution in [2.24, 2.45) is 5.10 Å². The smallest absolute Gasteiger partial charge is 0.347 e. The lowest BCUT2D eigenvalue weighted by molar-refractivity contribution is 0.0724. The molecule has 0 radical (unpaired) electrons. The number of nitrogens with zero attached hydrogens (tertiary/aromatic N) is 1. The highest BCUT2D eigenvalue weighted by atomic mass is 16.6. The van der Waals surface area contributed by atoms with Crippen LogP contribution in [0.5, 0.6) is 23.0 Å². The van der Waals surface area contributed by atoms with Gasteiger partial charge in [-0.15, -0.1) is 0 Å². The van der Waals surface area contributed by atoms with Crippen molar-refractivity contribution < 1.29 is 28.9 Å². The van der Waals surface area contributed by atoms with Crippen LogP contribution in [0.15, 0.2) is 84.0 Å². The van der Waals surface area contributed by atoms with Crippen molar-refractivity contribution in [2.45, 2.75) is 6.92 Å². The van der Waals surface area contributed by atoms with Crippen LogP contribution in [0.3, 0.4) is 0 Å². The Balaban J connectivity index is 1.48. The molecule has 8 nitrogen and oxygen atoms in total. The fourth-order valence-electron chi connectivity index (χ4n) is 3.56. The normalized spacial score (nSPS) is 10.8. The minimum absolute atomic E-state index is 0.111. The molecule has 0 heterocycles. The first kappa shape index (κ1) is 24.3. The van der Waals surface area contributed by atoms with E-state index in [9.17, 15) is 14.7 Å². The molecule has 0 bridgehead atoms. The number of phenolic OH excluding ortho intramolecular Hbond substituents is 1. The quantitative estimate of drug-likeness (QED) is 0.159. The molecule has 0 spiro atoms. The zero-order chi connectivity index (χ0) is 25.5. The molecule has 0 aliphatic heterocycles. The Labute approximate surface area is 207 Å². The summed E-state index contributed by atoms with van der Waals surface area (Å²) in [6.07, 6.45) is 1.42. The molecule has 4 aromatic rings. The maximum absolute atomic E-state index is 12.7. The van der Waals surface area contributed by atoms with Gasteiger partial charge in [0, 0.05) is 0 Å². The first-order chi connectivity index (χ1) is 17.5. The third-order valence-electron chi connectivity index (χ3n) is 5.29. The number of hydrazone groups is 1. The van der Waals surface area contributed by atoms with Crippen molar-refractivity contribution >= 4 is 28.9 Å². The highest BCUT2D eigenvalue weighted by Crippen LogP contribution is 2.30. The van der Waals surface area contributed by atoms with Gasteiger partial charge in [0.2, 0.25) is 0 Å². The number of nitrogens with one attached hydrogen (secondary N) is 1. The van der Waals surface area contributed by atoms with Crippen molar-refractivity contribution in [3.63, 3.8) is 0 Å². The zero-order valence-electron chi connectivity index (χ0n) is 19.7. The van der Waals surface area contributed by atoms with Gasteiger partial charge in [-0.3, -0.25) is 4.79 Å². The highest BCUT2D eigenvalue weighted by molar-refractivity contribution is 6.01. The van der Waals surface area contributed by atoms with Gasteiger partial charge in [0.15, 0.2) is 11.5 Å². The van der Waals surface area contributed by atoms with Crippen molar-refractivity contribution in [3.8, 4) is 23.0 Å². The van der Waals surface area contributed by atoms with Crippen LogP contribution in [-0.2, 0) is 0 Å². The van der Waals surface area contributed by atoms with E-state index in [2.05, 4.69) is 10.5 Å². The second-order valence-corrected chi connectivity index (χ2v) is 7.64. The third-order valence-corrected chi connectivity index (χ3v) is 5.29.